The van der Waals surface area contributed by atoms with E-state index in [0.29, 0.717) is 13.0 Å². The molecule has 0 aromatic carbocycles. The number of hydrogen-bond donors (Lipinski definition) is 0. The summed E-state index contributed by atoms with van der Waals surface area (Å²) >= 11 is 0. The fourth-order valence-corrected chi connectivity index (χ4v) is 2.38. The van der Waals surface area contributed by atoms with Gasteiger partial charge in [-0.3, -0.25) is 0 Å². The van der Waals surface area contributed by atoms with Gasteiger partial charge in [0.25, 0.3) is 0 Å². The normalized spacial score (nSPS) is 11.0. The molecule has 0 aliphatic heterocycles. The zero-order valence-corrected chi connectivity index (χ0v) is 14.1. The number of rotatable bonds is 16. The van der Waals surface area contributed by atoms with E-state index in [1.54, 1.807) is 0 Å². The van der Waals surface area contributed by atoms with Crippen LogP contribution in [-0.4, -0.2) is 13.2 Å². The highest BCUT2D eigenvalue weighted by atomic mass is 16.5. The Kier molecular flexibility index (Phi) is 18.4. The Balaban J connectivity index is 2.96. The van der Waals surface area contributed by atoms with Crippen LogP contribution in [0.5, 0.6) is 0 Å². The number of hydrogen-bond acceptors (Lipinski definition) is 2. The number of allylic oxidation sites excluding steroid dienone is 2. The van der Waals surface area contributed by atoms with Gasteiger partial charge in [-0.05, 0) is 25.7 Å². The lowest BCUT2D eigenvalue weighted by atomic mass is 10.1. The molecule has 0 aromatic rings. The third kappa shape index (κ3) is 19.2. The molecule has 2 heteroatoms. The van der Waals surface area contributed by atoms with Crippen LogP contribution in [0.1, 0.15) is 90.4 Å². The van der Waals surface area contributed by atoms with Gasteiger partial charge in [-0.15, -0.1) is 0 Å². The SMILES string of the molecule is CC/C=C/CCCCCCCCCCCCOCCC#N. The summed E-state index contributed by atoms with van der Waals surface area (Å²) in [7, 11) is 0. The first-order chi connectivity index (χ1) is 10.4. The average molecular weight is 293 g/mol. The lowest BCUT2D eigenvalue weighted by molar-refractivity contribution is 0.135. The molecule has 2 nitrogen and oxygen atoms in total. The Bertz CT molecular complexity index is 255. The van der Waals surface area contributed by atoms with E-state index in [9.17, 15) is 0 Å². The zero-order chi connectivity index (χ0) is 15.4. The van der Waals surface area contributed by atoms with Crippen molar-refractivity contribution in [3.05, 3.63) is 12.2 Å². The van der Waals surface area contributed by atoms with Crippen LogP contribution < -0.4 is 0 Å². The molecular formula is C19H35NO. The van der Waals surface area contributed by atoms with Gasteiger partial charge in [-0.25, -0.2) is 0 Å². The summed E-state index contributed by atoms with van der Waals surface area (Å²) in [5, 5.41) is 8.36. The molecule has 0 saturated heterocycles. The van der Waals surface area contributed by atoms with Crippen LogP contribution in [0.4, 0.5) is 0 Å². The minimum absolute atomic E-state index is 0.523. The van der Waals surface area contributed by atoms with Gasteiger partial charge < -0.3 is 4.74 Å². The van der Waals surface area contributed by atoms with Gasteiger partial charge in [-0.2, -0.15) is 5.26 Å². The number of nitriles is 1. The summed E-state index contributed by atoms with van der Waals surface area (Å²) in [4.78, 5) is 0. The molecule has 0 atom stereocenters. The molecule has 0 N–H and O–H groups in total. The van der Waals surface area contributed by atoms with Crippen molar-refractivity contribution in [1.82, 2.24) is 0 Å². The summed E-state index contributed by atoms with van der Waals surface area (Å²) in [6.07, 6.45) is 21.1. The van der Waals surface area contributed by atoms with Crippen LogP contribution in [0.3, 0.4) is 0 Å². The molecule has 0 spiro atoms. The van der Waals surface area contributed by atoms with Crippen molar-refractivity contribution < 1.29 is 4.74 Å². The largest absolute Gasteiger partial charge is 0.380 e. The Hall–Kier alpha value is -0.810. The van der Waals surface area contributed by atoms with Gasteiger partial charge in [0.05, 0.1) is 19.1 Å². The average Bonchev–Trinajstić information content (AvgIpc) is 2.50. The van der Waals surface area contributed by atoms with Crippen LogP contribution in [0.2, 0.25) is 0 Å². The molecule has 0 aromatic heterocycles. The van der Waals surface area contributed by atoms with Gasteiger partial charge in [0.15, 0.2) is 0 Å². The van der Waals surface area contributed by atoms with E-state index in [1.807, 2.05) is 0 Å². The van der Waals surface area contributed by atoms with E-state index in [4.69, 9.17) is 10.00 Å². The van der Waals surface area contributed by atoms with Crippen molar-refractivity contribution in [2.75, 3.05) is 13.2 Å². The van der Waals surface area contributed by atoms with Gasteiger partial charge in [0.2, 0.25) is 0 Å². The van der Waals surface area contributed by atoms with Gasteiger partial charge >= 0.3 is 0 Å². The monoisotopic (exact) mass is 293 g/mol. The van der Waals surface area contributed by atoms with Crippen LogP contribution in [-0.2, 0) is 4.74 Å². The maximum Gasteiger partial charge on any atom is 0.0645 e. The molecule has 0 heterocycles. The van der Waals surface area contributed by atoms with Crippen molar-refractivity contribution in [3.8, 4) is 6.07 Å². The Morgan fingerprint density at radius 1 is 0.762 bits per heavy atom. The van der Waals surface area contributed by atoms with E-state index in [2.05, 4.69) is 25.1 Å². The van der Waals surface area contributed by atoms with Crippen molar-refractivity contribution in [3.63, 3.8) is 0 Å². The second kappa shape index (κ2) is 19.2. The number of nitrogens with zero attached hydrogens (tertiary/aromatic N) is 1. The maximum atomic E-state index is 8.36. The topological polar surface area (TPSA) is 33.0 Å². The molecule has 0 rings (SSSR count). The van der Waals surface area contributed by atoms with E-state index < -0.39 is 0 Å². The van der Waals surface area contributed by atoms with Crippen LogP contribution in [0.25, 0.3) is 0 Å². The molecule has 0 aliphatic rings. The van der Waals surface area contributed by atoms with Crippen molar-refractivity contribution >= 4 is 0 Å². The molecule has 0 bridgehead atoms. The standard InChI is InChI=1S/C19H35NO/c1-2-3-4-5-6-7-8-9-10-11-12-13-14-15-18-21-19-16-17-20/h3-4H,2,5-16,18-19H2,1H3/b4-3+. The van der Waals surface area contributed by atoms with Crippen molar-refractivity contribution in [2.24, 2.45) is 0 Å². The second-order valence-electron chi connectivity index (χ2n) is 5.72. The summed E-state index contributed by atoms with van der Waals surface area (Å²) in [6.45, 7) is 3.62. The highest BCUT2D eigenvalue weighted by Gasteiger charge is 1.93. The van der Waals surface area contributed by atoms with E-state index in [1.165, 1.54) is 70.6 Å². The third-order valence-corrected chi connectivity index (χ3v) is 3.67. The molecule has 0 amide bonds. The summed E-state index contributed by atoms with van der Waals surface area (Å²) < 4.78 is 5.35. The lowest BCUT2D eigenvalue weighted by Crippen LogP contribution is -1.95. The van der Waals surface area contributed by atoms with Crippen molar-refractivity contribution in [2.45, 2.75) is 90.4 Å². The first-order valence-corrected chi connectivity index (χ1v) is 9.01. The fourth-order valence-electron chi connectivity index (χ4n) is 2.38. The minimum Gasteiger partial charge on any atom is -0.380 e. The van der Waals surface area contributed by atoms with Gasteiger partial charge in [0, 0.05) is 6.61 Å². The molecule has 0 fully saturated rings. The molecule has 0 aliphatic carbocycles. The predicted molar refractivity (Wildman–Crippen MR) is 91.3 cm³/mol. The molecule has 0 radical (unpaired) electrons. The van der Waals surface area contributed by atoms with Crippen LogP contribution in [0, 0.1) is 11.3 Å². The van der Waals surface area contributed by atoms with Crippen LogP contribution >= 0.6 is 0 Å². The quantitative estimate of drug-likeness (QED) is 0.252. The van der Waals surface area contributed by atoms with E-state index in [0.717, 1.165) is 13.0 Å². The van der Waals surface area contributed by atoms with Crippen LogP contribution in [0.15, 0.2) is 12.2 Å². The van der Waals surface area contributed by atoms with E-state index >= 15 is 0 Å². The summed E-state index contributed by atoms with van der Waals surface area (Å²) in [5.41, 5.74) is 0. The lowest BCUT2D eigenvalue weighted by Gasteiger charge is -2.03. The molecular weight excluding hydrogens is 258 g/mol. The highest BCUT2D eigenvalue weighted by molar-refractivity contribution is 4.79. The van der Waals surface area contributed by atoms with E-state index in [-0.39, 0.29) is 0 Å². The Morgan fingerprint density at radius 2 is 1.33 bits per heavy atom. The fraction of sp³-hybridized carbons (Fsp3) is 0.842. The Labute approximate surface area is 132 Å². The molecule has 122 valence electrons. The summed E-state index contributed by atoms with van der Waals surface area (Å²) in [6, 6.07) is 2.09. The maximum absolute atomic E-state index is 8.36. The summed E-state index contributed by atoms with van der Waals surface area (Å²) in [5.74, 6) is 0. The Morgan fingerprint density at radius 3 is 1.90 bits per heavy atom. The minimum atomic E-state index is 0.523. The predicted octanol–water partition coefficient (Wildman–Crippen LogP) is 6.17. The first kappa shape index (κ1) is 20.2. The number of unbranched alkanes of at least 4 members (excludes halogenated alkanes) is 10. The van der Waals surface area contributed by atoms with Crippen molar-refractivity contribution in [1.29, 1.82) is 5.26 Å². The smallest absolute Gasteiger partial charge is 0.0645 e. The molecule has 21 heavy (non-hydrogen) atoms. The second-order valence-corrected chi connectivity index (χ2v) is 5.72. The molecule has 0 unspecified atom stereocenters. The van der Waals surface area contributed by atoms with Gasteiger partial charge in [0.1, 0.15) is 0 Å². The number of ether oxygens (including phenoxy) is 1. The highest BCUT2D eigenvalue weighted by Crippen LogP contribution is 2.11. The third-order valence-electron chi connectivity index (χ3n) is 3.67. The first-order valence-electron chi connectivity index (χ1n) is 9.01. The van der Waals surface area contributed by atoms with Gasteiger partial charge in [-0.1, -0.05) is 70.4 Å². The molecule has 0 saturated carbocycles. The zero-order valence-electron chi connectivity index (χ0n) is 14.1.